The fraction of sp³-hybridized carbons (Fsp3) is 0.385. The number of esters is 1. The lowest BCUT2D eigenvalue weighted by Crippen LogP contribution is -2.51. The van der Waals surface area contributed by atoms with Gasteiger partial charge in [0, 0.05) is 31.0 Å². The largest absolute Gasteiger partial charge is 0.465 e. The Labute approximate surface area is 218 Å². The molecular weight excluding hydrogens is 497 g/mol. The van der Waals surface area contributed by atoms with Gasteiger partial charge in [-0.1, -0.05) is 17.3 Å². The van der Waals surface area contributed by atoms with Gasteiger partial charge in [-0.2, -0.15) is 5.26 Å². The van der Waals surface area contributed by atoms with Crippen LogP contribution in [0.5, 0.6) is 0 Å². The van der Waals surface area contributed by atoms with E-state index in [2.05, 4.69) is 25.8 Å². The van der Waals surface area contributed by atoms with Crippen molar-refractivity contribution in [3.63, 3.8) is 0 Å². The second-order valence-electron chi connectivity index (χ2n) is 8.84. The number of halogens is 1. The molecule has 0 spiro atoms. The van der Waals surface area contributed by atoms with Gasteiger partial charge >= 0.3 is 5.97 Å². The van der Waals surface area contributed by atoms with Crippen LogP contribution in [0.15, 0.2) is 46.5 Å². The minimum Gasteiger partial charge on any atom is -0.465 e. The van der Waals surface area contributed by atoms with E-state index in [0.29, 0.717) is 24.3 Å². The second kappa shape index (κ2) is 13.1. The zero-order chi connectivity index (χ0) is 27.7. The fourth-order valence-corrected chi connectivity index (χ4v) is 4.05. The Kier molecular flexibility index (Phi) is 9.70. The average Bonchev–Trinajstić information content (AvgIpc) is 3.35. The van der Waals surface area contributed by atoms with E-state index in [1.807, 2.05) is 0 Å². The van der Waals surface area contributed by atoms with Gasteiger partial charge in [-0.05, 0) is 50.0 Å². The van der Waals surface area contributed by atoms with Crippen molar-refractivity contribution in [2.45, 2.75) is 44.7 Å². The Bertz CT molecular complexity index is 1250. The van der Waals surface area contributed by atoms with E-state index in [4.69, 9.17) is 4.52 Å². The molecule has 11 nitrogen and oxygen atoms in total. The van der Waals surface area contributed by atoms with E-state index in [-0.39, 0.29) is 30.0 Å². The molecule has 3 amide bonds. The van der Waals surface area contributed by atoms with Crippen LogP contribution in [0.25, 0.3) is 0 Å². The minimum absolute atomic E-state index is 0.00283. The molecule has 3 rings (SSSR count). The van der Waals surface area contributed by atoms with Gasteiger partial charge in [0.1, 0.15) is 29.3 Å². The Morgan fingerprint density at radius 1 is 1.32 bits per heavy atom. The van der Waals surface area contributed by atoms with Crippen molar-refractivity contribution in [3.8, 4) is 6.07 Å². The van der Waals surface area contributed by atoms with Gasteiger partial charge in [-0.25, -0.2) is 9.18 Å². The Morgan fingerprint density at radius 3 is 2.66 bits per heavy atom. The number of nitrogens with one attached hydrogen (secondary N) is 3. The maximum absolute atomic E-state index is 13.5. The summed E-state index contributed by atoms with van der Waals surface area (Å²) in [4.78, 5) is 50.6. The first-order chi connectivity index (χ1) is 18.2. The van der Waals surface area contributed by atoms with Crippen LogP contribution in [0.2, 0.25) is 0 Å². The molecule has 0 saturated carbocycles. The molecule has 1 saturated heterocycles. The highest BCUT2D eigenvalue weighted by molar-refractivity contribution is 5.96. The lowest BCUT2D eigenvalue weighted by atomic mass is 9.90. The third kappa shape index (κ3) is 7.73. The summed E-state index contributed by atoms with van der Waals surface area (Å²) < 4.78 is 23.0. The number of amides is 3. The van der Waals surface area contributed by atoms with Crippen LogP contribution < -0.4 is 16.0 Å². The number of nitriles is 1. The number of hydrogen-bond donors (Lipinski definition) is 3. The van der Waals surface area contributed by atoms with E-state index in [0.717, 1.165) is 13.5 Å². The Balaban J connectivity index is 1.87. The molecule has 1 aliphatic heterocycles. The van der Waals surface area contributed by atoms with Crippen LogP contribution in [-0.4, -0.2) is 54.6 Å². The zero-order valence-electron chi connectivity index (χ0n) is 21.0. The van der Waals surface area contributed by atoms with Crippen molar-refractivity contribution in [2.24, 2.45) is 5.92 Å². The van der Waals surface area contributed by atoms with E-state index in [1.54, 1.807) is 13.0 Å². The Morgan fingerprint density at radius 2 is 2.05 bits per heavy atom. The van der Waals surface area contributed by atoms with Gasteiger partial charge in [0.2, 0.25) is 11.8 Å². The molecule has 200 valence electrons. The van der Waals surface area contributed by atoms with Crippen molar-refractivity contribution < 1.29 is 32.8 Å². The standard InChI is InChI=1S/C26H28FN5O6/c1-15-10-22(32-38-15)25(35)31-21(11-16-5-7-19(27)8-6-16)24(34)30-20(13-18(14-28)26(36)37-2)12-17-4-3-9-29-23(17)33/h5-8,10,13,17,20-21H,3-4,9,11-12H2,1-2H3,(H,29,33)(H,30,34)(H,31,35). The van der Waals surface area contributed by atoms with Gasteiger partial charge in [0.05, 0.1) is 7.11 Å². The summed E-state index contributed by atoms with van der Waals surface area (Å²) in [5.41, 5.74) is 0.188. The first-order valence-corrected chi connectivity index (χ1v) is 12.0. The van der Waals surface area contributed by atoms with Crippen LogP contribution in [0.3, 0.4) is 0 Å². The summed E-state index contributed by atoms with van der Waals surface area (Å²) in [5.74, 6) is -2.93. The van der Waals surface area contributed by atoms with Gasteiger partial charge in [0.15, 0.2) is 5.69 Å². The van der Waals surface area contributed by atoms with Gasteiger partial charge in [-0.3, -0.25) is 14.4 Å². The molecular formula is C26H28FN5O6. The van der Waals surface area contributed by atoms with Crippen LogP contribution in [0.4, 0.5) is 4.39 Å². The molecule has 0 aliphatic carbocycles. The number of rotatable bonds is 10. The van der Waals surface area contributed by atoms with Crippen LogP contribution in [0, 0.1) is 30.0 Å². The first kappa shape index (κ1) is 28.0. The maximum Gasteiger partial charge on any atom is 0.348 e. The number of carbonyl (C=O) groups excluding carboxylic acids is 4. The summed E-state index contributed by atoms with van der Waals surface area (Å²) in [5, 5.41) is 21.2. The van der Waals surface area contributed by atoms with E-state index in [1.165, 1.54) is 36.4 Å². The summed E-state index contributed by atoms with van der Waals surface area (Å²) in [6.07, 6.45) is 2.65. The van der Waals surface area contributed by atoms with Crippen molar-refractivity contribution >= 4 is 23.7 Å². The number of piperidine rings is 1. The minimum atomic E-state index is -1.15. The average molecular weight is 526 g/mol. The quantitative estimate of drug-likeness (QED) is 0.239. The third-order valence-electron chi connectivity index (χ3n) is 5.99. The van der Waals surface area contributed by atoms with Crippen LogP contribution in [-0.2, 0) is 25.5 Å². The molecule has 0 radical (unpaired) electrons. The molecule has 3 N–H and O–H groups in total. The van der Waals surface area contributed by atoms with Crippen molar-refractivity contribution in [3.05, 3.63) is 64.8 Å². The molecule has 2 heterocycles. The van der Waals surface area contributed by atoms with Gasteiger partial charge < -0.3 is 25.2 Å². The van der Waals surface area contributed by atoms with Crippen molar-refractivity contribution in [1.82, 2.24) is 21.1 Å². The summed E-state index contributed by atoms with van der Waals surface area (Å²) in [6.45, 7) is 2.15. The zero-order valence-corrected chi connectivity index (χ0v) is 21.0. The number of nitrogens with zero attached hydrogens (tertiary/aromatic N) is 2. The smallest absolute Gasteiger partial charge is 0.348 e. The molecule has 0 bridgehead atoms. The number of carbonyl (C=O) groups is 4. The monoisotopic (exact) mass is 525 g/mol. The second-order valence-corrected chi connectivity index (χ2v) is 8.84. The van der Waals surface area contributed by atoms with Gasteiger partial charge in [-0.15, -0.1) is 0 Å². The van der Waals surface area contributed by atoms with Crippen LogP contribution in [0.1, 0.15) is 41.1 Å². The molecule has 1 aromatic heterocycles. The lowest BCUT2D eigenvalue weighted by Gasteiger charge is -2.27. The van der Waals surface area contributed by atoms with E-state index >= 15 is 0 Å². The number of benzene rings is 1. The molecule has 2 aromatic rings. The first-order valence-electron chi connectivity index (χ1n) is 12.0. The SMILES string of the molecule is COC(=O)C(C#N)=CC(CC1CCCNC1=O)NC(=O)C(Cc1ccc(F)cc1)NC(=O)c1cc(C)on1. The fourth-order valence-electron chi connectivity index (χ4n) is 4.05. The molecule has 1 aliphatic rings. The van der Waals surface area contributed by atoms with E-state index < -0.39 is 41.6 Å². The number of ether oxygens (including phenoxy) is 1. The van der Waals surface area contributed by atoms with Crippen molar-refractivity contribution in [2.75, 3.05) is 13.7 Å². The number of methoxy groups -OCH3 is 1. The summed E-state index contributed by atoms with van der Waals surface area (Å²) >= 11 is 0. The van der Waals surface area contributed by atoms with Gasteiger partial charge in [0.25, 0.3) is 5.91 Å². The normalized spacial score (nSPS) is 16.9. The molecule has 3 atom stereocenters. The molecule has 1 aromatic carbocycles. The summed E-state index contributed by atoms with van der Waals surface area (Å²) in [7, 11) is 1.12. The number of hydrogen-bond acceptors (Lipinski definition) is 8. The molecule has 3 unspecified atom stereocenters. The predicted molar refractivity (Wildman–Crippen MR) is 131 cm³/mol. The Hall–Kier alpha value is -4.53. The predicted octanol–water partition coefficient (Wildman–Crippen LogP) is 1.49. The van der Waals surface area contributed by atoms with Crippen LogP contribution >= 0.6 is 0 Å². The topological polar surface area (TPSA) is 163 Å². The molecule has 12 heteroatoms. The molecule has 1 fully saturated rings. The summed E-state index contributed by atoms with van der Waals surface area (Å²) in [6, 6.07) is 6.53. The third-order valence-corrected chi connectivity index (χ3v) is 5.99. The van der Waals surface area contributed by atoms with E-state index in [9.17, 15) is 28.8 Å². The number of aromatic nitrogens is 1. The highest BCUT2D eigenvalue weighted by Crippen LogP contribution is 2.19. The highest BCUT2D eigenvalue weighted by Gasteiger charge is 2.30. The highest BCUT2D eigenvalue weighted by atomic mass is 19.1. The van der Waals surface area contributed by atoms with Crippen molar-refractivity contribution in [1.29, 1.82) is 5.26 Å². The maximum atomic E-state index is 13.5. The number of aryl methyl sites for hydroxylation is 1. The molecule has 38 heavy (non-hydrogen) atoms. The lowest BCUT2D eigenvalue weighted by molar-refractivity contribution is -0.135.